The maximum Gasteiger partial charge on any atom is 0.342 e. The second-order valence-corrected chi connectivity index (χ2v) is 5.52. The van der Waals surface area contributed by atoms with E-state index in [1.165, 1.54) is 6.20 Å². The summed E-state index contributed by atoms with van der Waals surface area (Å²) in [5.74, 6) is -3.55. The number of Topliss-reactive ketones (excluding diaryl/α,β-unsaturated/α-hetero) is 1. The van der Waals surface area contributed by atoms with Gasteiger partial charge in [-0.1, -0.05) is 18.2 Å². The van der Waals surface area contributed by atoms with Crippen LogP contribution in [0.2, 0.25) is 0 Å². The fourth-order valence-electron chi connectivity index (χ4n) is 2.40. The van der Waals surface area contributed by atoms with Gasteiger partial charge in [-0.15, -0.1) is 0 Å². The van der Waals surface area contributed by atoms with Crippen molar-refractivity contribution >= 4 is 11.8 Å². The average molecular weight is 356 g/mol. The molecule has 1 aromatic heterocycles. The number of carbonyl (C=O) groups excluding carboxylic acids is 2. The van der Waals surface area contributed by atoms with E-state index in [4.69, 9.17) is 4.74 Å². The fourth-order valence-corrected chi connectivity index (χ4v) is 2.40. The van der Waals surface area contributed by atoms with E-state index < -0.39 is 30.0 Å². The Hall–Kier alpha value is -3.35. The Balaban J connectivity index is 1.70. The van der Waals surface area contributed by atoms with Crippen molar-refractivity contribution in [3.05, 3.63) is 83.2 Å². The Morgan fingerprint density at radius 3 is 2.50 bits per heavy atom. The first-order chi connectivity index (χ1) is 12.5. The molecule has 0 aliphatic heterocycles. The summed E-state index contributed by atoms with van der Waals surface area (Å²) < 4.78 is 32.6. The monoisotopic (exact) mass is 356 g/mol. The number of aromatic nitrogens is 2. The third-order valence-corrected chi connectivity index (χ3v) is 3.81. The Kier molecular flexibility index (Phi) is 4.88. The molecule has 0 aliphatic carbocycles. The molecule has 0 amide bonds. The van der Waals surface area contributed by atoms with E-state index in [1.54, 1.807) is 11.6 Å². The van der Waals surface area contributed by atoms with Crippen molar-refractivity contribution < 1.29 is 23.1 Å². The van der Waals surface area contributed by atoms with E-state index in [0.29, 0.717) is 5.69 Å². The molecule has 2 aromatic carbocycles. The molecular formula is C19H14F2N2O3. The van der Waals surface area contributed by atoms with Gasteiger partial charge in [0, 0.05) is 5.56 Å². The van der Waals surface area contributed by atoms with E-state index in [9.17, 15) is 18.4 Å². The van der Waals surface area contributed by atoms with E-state index in [2.05, 4.69) is 5.10 Å². The van der Waals surface area contributed by atoms with E-state index in [1.807, 2.05) is 30.3 Å². The van der Waals surface area contributed by atoms with Crippen molar-refractivity contribution in [3.63, 3.8) is 0 Å². The smallest absolute Gasteiger partial charge is 0.342 e. The molecule has 0 N–H and O–H groups in total. The first kappa shape index (κ1) is 17.5. The number of nitrogens with zero attached hydrogens (tertiary/aromatic N) is 2. The number of ketones is 1. The number of hydrogen-bond acceptors (Lipinski definition) is 4. The SMILES string of the molecule is Cc1c(C(=O)OCC(=O)c2ccc(F)c(F)c2)cnn1-c1ccccc1. The van der Waals surface area contributed by atoms with Gasteiger partial charge in [0.1, 0.15) is 5.56 Å². The summed E-state index contributed by atoms with van der Waals surface area (Å²) in [5, 5.41) is 4.15. The predicted molar refractivity (Wildman–Crippen MR) is 89.3 cm³/mol. The van der Waals surface area contributed by atoms with Crippen LogP contribution in [0.25, 0.3) is 5.69 Å². The number of carbonyl (C=O) groups is 2. The molecule has 0 radical (unpaired) electrons. The molecule has 0 aliphatic rings. The predicted octanol–water partition coefficient (Wildman–Crippen LogP) is 3.50. The third kappa shape index (κ3) is 3.51. The molecule has 0 unspecified atom stereocenters. The molecule has 0 saturated carbocycles. The summed E-state index contributed by atoms with van der Waals surface area (Å²) in [6, 6.07) is 12.0. The Bertz CT molecular complexity index is 968. The van der Waals surface area contributed by atoms with Crippen molar-refractivity contribution in [2.75, 3.05) is 6.61 Å². The Labute approximate surface area is 147 Å². The molecule has 26 heavy (non-hydrogen) atoms. The maximum absolute atomic E-state index is 13.2. The zero-order valence-electron chi connectivity index (χ0n) is 13.8. The molecule has 0 spiro atoms. The normalized spacial score (nSPS) is 10.6. The van der Waals surface area contributed by atoms with E-state index in [-0.39, 0.29) is 11.1 Å². The van der Waals surface area contributed by atoms with Crippen LogP contribution in [0.5, 0.6) is 0 Å². The largest absolute Gasteiger partial charge is 0.454 e. The number of rotatable bonds is 5. The van der Waals surface area contributed by atoms with Crippen molar-refractivity contribution in [1.82, 2.24) is 9.78 Å². The number of esters is 1. The van der Waals surface area contributed by atoms with Gasteiger partial charge in [0.25, 0.3) is 0 Å². The summed E-state index contributed by atoms with van der Waals surface area (Å²) >= 11 is 0. The minimum absolute atomic E-state index is 0.0756. The second kappa shape index (κ2) is 7.26. The molecule has 0 saturated heterocycles. The van der Waals surface area contributed by atoms with Crippen molar-refractivity contribution in [2.45, 2.75) is 6.92 Å². The third-order valence-electron chi connectivity index (χ3n) is 3.81. The maximum atomic E-state index is 13.2. The lowest BCUT2D eigenvalue weighted by Gasteiger charge is -2.06. The summed E-state index contributed by atoms with van der Waals surface area (Å²) in [6.07, 6.45) is 1.35. The molecule has 7 heteroatoms. The molecule has 0 atom stereocenters. The van der Waals surface area contributed by atoms with Crippen LogP contribution in [0.15, 0.2) is 54.7 Å². The Morgan fingerprint density at radius 1 is 1.08 bits per heavy atom. The number of ether oxygens (including phenoxy) is 1. The highest BCUT2D eigenvalue weighted by Crippen LogP contribution is 2.15. The molecule has 0 bridgehead atoms. The van der Waals surface area contributed by atoms with Crippen LogP contribution in [-0.2, 0) is 4.74 Å². The average Bonchev–Trinajstić information content (AvgIpc) is 3.04. The van der Waals surface area contributed by atoms with Crippen LogP contribution in [-0.4, -0.2) is 28.1 Å². The topological polar surface area (TPSA) is 61.2 Å². The van der Waals surface area contributed by atoms with Crippen molar-refractivity contribution in [3.8, 4) is 5.69 Å². The molecule has 132 valence electrons. The van der Waals surface area contributed by atoms with E-state index >= 15 is 0 Å². The molecule has 1 heterocycles. The lowest BCUT2D eigenvalue weighted by atomic mass is 10.1. The zero-order valence-corrected chi connectivity index (χ0v) is 13.8. The van der Waals surface area contributed by atoms with Gasteiger partial charge in [-0.25, -0.2) is 18.3 Å². The van der Waals surface area contributed by atoms with Gasteiger partial charge in [0.2, 0.25) is 0 Å². The lowest BCUT2D eigenvalue weighted by molar-refractivity contribution is 0.0474. The minimum Gasteiger partial charge on any atom is -0.454 e. The van der Waals surface area contributed by atoms with Gasteiger partial charge < -0.3 is 4.74 Å². The highest BCUT2D eigenvalue weighted by molar-refractivity contribution is 5.99. The van der Waals surface area contributed by atoms with Crippen LogP contribution >= 0.6 is 0 Å². The summed E-state index contributed by atoms with van der Waals surface area (Å²) in [4.78, 5) is 24.2. The molecule has 0 fully saturated rings. The number of para-hydroxylation sites is 1. The van der Waals surface area contributed by atoms with Gasteiger partial charge in [-0.3, -0.25) is 4.79 Å². The summed E-state index contributed by atoms with van der Waals surface area (Å²) in [5.41, 5.74) is 1.48. The first-order valence-electron chi connectivity index (χ1n) is 7.73. The number of benzene rings is 2. The van der Waals surface area contributed by atoms with Gasteiger partial charge in [0.15, 0.2) is 24.0 Å². The molecule has 3 aromatic rings. The van der Waals surface area contributed by atoms with Gasteiger partial charge in [-0.2, -0.15) is 5.10 Å². The highest BCUT2D eigenvalue weighted by atomic mass is 19.2. The van der Waals surface area contributed by atoms with Crippen LogP contribution in [0.3, 0.4) is 0 Å². The van der Waals surface area contributed by atoms with Gasteiger partial charge in [-0.05, 0) is 37.3 Å². The van der Waals surface area contributed by atoms with Gasteiger partial charge in [0.05, 0.1) is 17.6 Å². The quantitative estimate of drug-likeness (QED) is 0.519. The lowest BCUT2D eigenvalue weighted by Crippen LogP contribution is -2.15. The minimum atomic E-state index is -1.14. The van der Waals surface area contributed by atoms with Crippen LogP contribution < -0.4 is 0 Å². The first-order valence-corrected chi connectivity index (χ1v) is 7.73. The standard InChI is InChI=1S/C19H14F2N2O3/c1-12-15(10-22-23(12)14-5-3-2-4-6-14)19(25)26-11-18(24)13-7-8-16(20)17(21)9-13/h2-10H,11H2,1H3. The number of halogens is 2. The molecule has 3 rings (SSSR count). The summed E-state index contributed by atoms with van der Waals surface area (Å²) in [7, 11) is 0. The summed E-state index contributed by atoms with van der Waals surface area (Å²) in [6.45, 7) is 1.12. The van der Waals surface area contributed by atoms with Crippen molar-refractivity contribution in [2.24, 2.45) is 0 Å². The highest BCUT2D eigenvalue weighted by Gasteiger charge is 2.18. The number of hydrogen-bond donors (Lipinski definition) is 0. The molecular weight excluding hydrogens is 342 g/mol. The van der Waals surface area contributed by atoms with Gasteiger partial charge >= 0.3 is 5.97 Å². The van der Waals surface area contributed by atoms with Crippen LogP contribution in [0.1, 0.15) is 26.4 Å². The van der Waals surface area contributed by atoms with Crippen LogP contribution in [0, 0.1) is 18.6 Å². The Morgan fingerprint density at radius 2 is 1.81 bits per heavy atom. The second-order valence-electron chi connectivity index (χ2n) is 5.52. The van der Waals surface area contributed by atoms with Crippen LogP contribution in [0.4, 0.5) is 8.78 Å². The van der Waals surface area contributed by atoms with E-state index in [0.717, 1.165) is 23.9 Å². The van der Waals surface area contributed by atoms with Crippen molar-refractivity contribution in [1.29, 1.82) is 0 Å². The fraction of sp³-hybridized carbons (Fsp3) is 0.105. The molecule has 5 nitrogen and oxygen atoms in total. The zero-order chi connectivity index (χ0) is 18.7.